The second kappa shape index (κ2) is 15.5. The number of carbonyl (C=O) groups excluding carboxylic acids is 1. The van der Waals surface area contributed by atoms with Gasteiger partial charge in [-0.15, -0.1) is 0 Å². The van der Waals surface area contributed by atoms with Crippen molar-refractivity contribution in [3.05, 3.63) is 118 Å². The van der Waals surface area contributed by atoms with E-state index in [0.29, 0.717) is 53.9 Å². The standard InChI is InChI=1S/C33H33BrN2O5/c1-3-38-30-18-26(15-16-29(30)40-22-25-13-9-6-10-14-25)23-41-33-28(34)17-27(19-31(33)39-4-2)21-35-36-32(37)20-24-11-7-5-8-12-24/h5-19,21H,3-4,20,22-23H2,1-2H3,(H,36,37)/b35-21+. The Kier molecular flexibility index (Phi) is 11.2. The third-order valence-electron chi connectivity index (χ3n) is 5.87. The summed E-state index contributed by atoms with van der Waals surface area (Å²) >= 11 is 3.60. The van der Waals surface area contributed by atoms with E-state index in [0.717, 1.165) is 22.3 Å². The smallest absolute Gasteiger partial charge is 0.244 e. The molecule has 8 heteroatoms. The summed E-state index contributed by atoms with van der Waals surface area (Å²) in [5, 5.41) is 4.11. The van der Waals surface area contributed by atoms with E-state index in [1.807, 2.05) is 105 Å². The number of rotatable bonds is 14. The first-order valence-corrected chi connectivity index (χ1v) is 14.2. The van der Waals surface area contributed by atoms with Crippen LogP contribution < -0.4 is 24.4 Å². The van der Waals surface area contributed by atoms with E-state index in [1.165, 1.54) is 0 Å². The molecule has 212 valence electrons. The highest BCUT2D eigenvalue weighted by molar-refractivity contribution is 9.10. The van der Waals surface area contributed by atoms with Crippen molar-refractivity contribution in [1.82, 2.24) is 5.43 Å². The predicted molar refractivity (Wildman–Crippen MR) is 164 cm³/mol. The molecule has 0 fully saturated rings. The number of nitrogens with one attached hydrogen (secondary N) is 1. The van der Waals surface area contributed by atoms with Crippen LogP contribution in [0.1, 0.15) is 36.1 Å². The van der Waals surface area contributed by atoms with Crippen molar-refractivity contribution in [2.24, 2.45) is 5.10 Å². The van der Waals surface area contributed by atoms with Crippen LogP contribution in [0.15, 0.2) is 101 Å². The Morgan fingerprint density at radius 2 is 1.39 bits per heavy atom. The largest absolute Gasteiger partial charge is 0.490 e. The molecule has 1 amide bonds. The molecule has 0 saturated carbocycles. The van der Waals surface area contributed by atoms with Gasteiger partial charge in [-0.2, -0.15) is 5.10 Å². The van der Waals surface area contributed by atoms with Gasteiger partial charge in [0.05, 0.1) is 30.3 Å². The molecule has 0 heterocycles. The molecule has 0 atom stereocenters. The summed E-state index contributed by atoms with van der Waals surface area (Å²) in [7, 11) is 0. The molecule has 0 aromatic heterocycles. The fraction of sp³-hybridized carbons (Fsp3) is 0.212. The molecule has 0 aliphatic carbocycles. The first kappa shape index (κ1) is 29.7. The molecule has 0 radical (unpaired) electrons. The number of amides is 1. The summed E-state index contributed by atoms with van der Waals surface area (Å²) < 4.78 is 24.6. The second-order valence-corrected chi connectivity index (χ2v) is 9.85. The van der Waals surface area contributed by atoms with Crippen molar-refractivity contribution in [1.29, 1.82) is 0 Å². The zero-order valence-corrected chi connectivity index (χ0v) is 24.7. The van der Waals surface area contributed by atoms with Crippen molar-refractivity contribution < 1.29 is 23.7 Å². The summed E-state index contributed by atoms with van der Waals surface area (Å²) in [6, 6.07) is 29.0. The van der Waals surface area contributed by atoms with Crippen molar-refractivity contribution in [3.8, 4) is 23.0 Å². The zero-order valence-electron chi connectivity index (χ0n) is 23.1. The van der Waals surface area contributed by atoms with Gasteiger partial charge in [0.2, 0.25) is 5.91 Å². The Bertz CT molecular complexity index is 1450. The normalized spacial score (nSPS) is 10.8. The van der Waals surface area contributed by atoms with Crippen LogP contribution in [-0.2, 0) is 24.4 Å². The van der Waals surface area contributed by atoms with Gasteiger partial charge in [0.1, 0.15) is 13.2 Å². The molecule has 0 aliphatic heterocycles. The average Bonchev–Trinajstić information content (AvgIpc) is 2.98. The number of ether oxygens (including phenoxy) is 4. The van der Waals surface area contributed by atoms with Gasteiger partial charge in [-0.1, -0.05) is 66.7 Å². The van der Waals surface area contributed by atoms with Crippen LogP contribution in [0.2, 0.25) is 0 Å². The van der Waals surface area contributed by atoms with Gasteiger partial charge < -0.3 is 18.9 Å². The first-order valence-electron chi connectivity index (χ1n) is 13.4. The van der Waals surface area contributed by atoms with Gasteiger partial charge in [-0.3, -0.25) is 4.79 Å². The Morgan fingerprint density at radius 3 is 2.10 bits per heavy atom. The van der Waals surface area contributed by atoms with Crippen LogP contribution in [0.4, 0.5) is 0 Å². The Balaban J connectivity index is 1.41. The number of carbonyl (C=O) groups is 1. The van der Waals surface area contributed by atoms with Crippen LogP contribution in [0.3, 0.4) is 0 Å². The number of nitrogens with zero attached hydrogens (tertiary/aromatic N) is 1. The highest BCUT2D eigenvalue weighted by Crippen LogP contribution is 2.38. The fourth-order valence-electron chi connectivity index (χ4n) is 3.99. The lowest BCUT2D eigenvalue weighted by molar-refractivity contribution is -0.120. The van der Waals surface area contributed by atoms with Crippen LogP contribution in [0, 0.1) is 0 Å². The van der Waals surface area contributed by atoms with Gasteiger partial charge in [0.25, 0.3) is 0 Å². The summed E-state index contributed by atoms with van der Waals surface area (Å²) in [6.07, 6.45) is 1.83. The summed E-state index contributed by atoms with van der Waals surface area (Å²) in [5.41, 5.74) is 6.24. The molecule has 0 spiro atoms. The van der Waals surface area contributed by atoms with E-state index in [-0.39, 0.29) is 12.3 Å². The molecule has 4 rings (SSSR count). The van der Waals surface area contributed by atoms with Gasteiger partial charge in [-0.05, 0) is 76.3 Å². The monoisotopic (exact) mass is 616 g/mol. The van der Waals surface area contributed by atoms with Gasteiger partial charge in [-0.25, -0.2) is 5.43 Å². The summed E-state index contributed by atoms with van der Waals surface area (Å²) in [6.45, 7) is 5.56. The maximum Gasteiger partial charge on any atom is 0.244 e. The average molecular weight is 618 g/mol. The predicted octanol–water partition coefficient (Wildman–Crippen LogP) is 7.10. The van der Waals surface area contributed by atoms with E-state index >= 15 is 0 Å². The summed E-state index contributed by atoms with van der Waals surface area (Å²) in [5.74, 6) is 2.27. The lowest BCUT2D eigenvalue weighted by Gasteiger charge is -2.16. The van der Waals surface area contributed by atoms with Crippen molar-refractivity contribution in [2.45, 2.75) is 33.5 Å². The molecule has 0 bridgehead atoms. The highest BCUT2D eigenvalue weighted by Gasteiger charge is 2.14. The van der Waals surface area contributed by atoms with Gasteiger partial charge in [0, 0.05) is 0 Å². The third kappa shape index (κ3) is 9.11. The van der Waals surface area contributed by atoms with Crippen LogP contribution in [-0.4, -0.2) is 25.3 Å². The maximum atomic E-state index is 12.2. The first-order chi connectivity index (χ1) is 20.1. The molecule has 4 aromatic rings. The topological polar surface area (TPSA) is 78.4 Å². The molecule has 0 unspecified atom stereocenters. The van der Waals surface area contributed by atoms with E-state index in [4.69, 9.17) is 18.9 Å². The van der Waals surface area contributed by atoms with Crippen molar-refractivity contribution >= 4 is 28.1 Å². The molecule has 4 aromatic carbocycles. The number of hydrogen-bond acceptors (Lipinski definition) is 6. The van der Waals surface area contributed by atoms with E-state index in [1.54, 1.807) is 6.21 Å². The lowest BCUT2D eigenvalue weighted by atomic mass is 10.1. The molecule has 0 saturated heterocycles. The highest BCUT2D eigenvalue weighted by atomic mass is 79.9. The van der Waals surface area contributed by atoms with Crippen molar-refractivity contribution in [3.63, 3.8) is 0 Å². The Morgan fingerprint density at radius 1 is 0.732 bits per heavy atom. The minimum Gasteiger partial charge on any atom is -0.490 e. The van der Waals surface area contributed by atoms with Crippen molar-refractivity contribution in [2.75, 3.05) is 13.2 Å². The minimum absolute atomic E-state index is 0.195. The molecule has 1 N–H and O–H groups in total. The van der Waals surface area contributed by atoms with Crippen LogP contribution >= 0.6 is 15.9 Å². The number of hydrogen-bond donors (Lipinski definition) is 1. The number of benzene rings is 4. The third-order valence-corrected chi connectivity index (χ3v) is 6.46. The van der Waals surface area contributed by atoms with E-state index in [2.05, 4.69) is 26.5 Å². The van der Waals surface area contributed by atoms with Crippen LogP contribution in [0.25, 0.3) is 0 Å². The molecular weight excluding hydrogens is 584 g/mol. The molecular formula is C33H33BrN2O5. The minimum atomic E-state index is -0.195. The van der Waals surface area contributed by atoms with E-state index in [9.17, 15) is 4.79 Å². The number of halogens is 1. The van der Waals surface area contributed by atoms with E-state index < -0.39 is 0 Å². The fourth-order valence-corrected chi connectivity index (χ4v) is 4.56. The zero-order chi connectivity index (χ0) is 28.9. The molecule has 0 aliphatic rings. The van der Waals surface area contributed by atoms with Gasteiger partial charge in [0.15, 0.2) is 23.0 Å². The van der Waals surface area contributed by atoms with Gasteiger partial charge >= 0.3 is 0 Å². The molecule has 41 heavy (non-hydrogen) atoms. The van der Waals surface area contributed by atoms with Crippen LogP contribution in [0.5, 0.6) is 23.0 Å². The lowest BCUT2D eigenvalue weighted by Crippen LogP contribution is -2.19. The second-order valence-electron chi connectivity index (χ2n) is 9.00. The number of hydrazone groups is 1. The summed E-state index contributed by atoms with van der Waals surface area (Å²) in [4.78, 5) is 12.2. The SMILES string of the molecule is CCOc1cc(COc2c(Br)cc(/C=N/NC(=O)Cc3ccccc3)cc2OCC)ccc1OCc1ccccc1. The Labute approximate surface area is 249 Å². The Hall–Kier alpha value is -4.30. The maximum absolute atomic E-state index is 12.2. The molecule has 7 nitrogen and oxygen atoms in total. The quantitative estimate of drug-likeness (QED) is 0.121.